The van der Waals surface area contributed by atoms with Gasteiger partial charge in [0.1, 0.15) is 13.1 Å². The Morgan fingerprint density at radius 1 is 0.679 bits per heavy atom. The summed E-state index contributed by atoms with van der Waals surface area (Å²) in [6.45, 7) is 5.70. The van der Waals surface area contributed by atoms with Crippen LogP contribution in [0.5, 0.6) is 0 Å². The summed E-state index contributed by atoms with van der Waals surface area (Å²) in [6, 6.07) is 27.0. The summed E-state index contributed by atoms with van der Waals surface area (Å²) in [4.78, 5) is 24.1. The number of fused-ring (bicyclic) bond motifs is 4. The number of pyridine rings is 1. The molecule has 0 radical (unpaired) electrons. The van der Waals surface area contributed by atoms with E-state index in [0.29, 0.717) is 13.0 Å². The highest BCUT2D eigenvalue weighted by Crippen LogP contribution is 2.34. The van der Waals surface area contributed by atoms with Crippen molar-refractivity contribution in [1.29, 1.82) is 0 Å². The van der Waals surface area contributed by atoms with E-state index in [1.165, 1.54) is 43.3 Å². The normalized spacial score (nSPS) is 11.9. The summed E-state index contributed by atoms with van der Waals surface area (Å²) in [5.41, 5.74) is 8.07. The van der Waals surface area contributed by atoms with Crippen molar-refractivity contribution in [1.82, 2.24) is 0 Å². The van der Waals surface area contributed by atoms with Gasteiger partial charge < -0.3 is 30.0 Å². The van der Waals surface area contributed by atoms with Gasteiger partial charge in [0.25, 0.3) is 0 Å². The molecule has 0 spiro atoms. The predicted octanol–water partition coefficient (Wildman–Crippen LogP) is 7.21. The van der Waals surface area contributed by atoms with Gasteiger partial charge in [-0.15, -0.1) is 11.3 Å². The molecule has 0 amide bonds. The Balaban J connectivity index is 1.19. The van der Waals surface area contributed by atoms with Crippen LogP contribution in [0, 0.1) is 0 Å². The second-order valence-electron chi connectivity index (χ2n) is 15.6. The van der Waals surface area contributed by atoms with Crippen LogP contribution in [0.4, 0.5) is 28.4 Å². The highest BCUT2D eigenvalue weighted by Gasteiger charge is 2.23. The highest BCUT2D eigenvalue weighted by molar-refractivity contribution is 7.24. The number of benzene rings is 4. The monoisotopic (exact) mass is 775 g/mol. The van der Waals surface area contributed by atoms with Crippen molar-refractivity contribution in [2.75, 3.05) is 93.9 Å². The predicted molar refractivity (Wildman–Crippen MR) is 240 cm³/mol. The van der Waals surface area contributed by atoms with Crippen LogP contribution >= 0.6 is 11.3 Å². The minimum Gasteiger partial charge on any atom is -0.481 e. The summed E-state index contributed by atoms with van der Waals surface area (Å²) < 4.78 is 4.93. The molecule has 6 rings (SSSR count). The average molecular weight is 776 g/mol. The zero-order valence-electron chi connectivity index (χ0n) is 34.7. The fraction of sp³-hybridized carbons (Fsp3) is 0.413. The Hall–Kier alpha value is -5.09. The maximum absolute atomic E-state index is 11.5. The number of nitrogens with one attached hydrogen (secondary N) is 2. The molecule has 0 bridgehead atoms. The molecule has 56 heavy (non-hydrogen) atoms. The molecule has 3 N–H and O–H groups in total. The fourth-order valence-corrected chi connectivity index (χ4v) is 8.67. The lowest BCUT2D eigenvalue weighted by Crippen LogP contribution is -2.76. The molecule has 0 aliphatic rings. The first-order valence-corrected chi connectivity index (χ1v) is 21.0. The van der Waals surface area contributed by atoms with Gasteiger partial charge in [0, 0.05) is 120 Å². The molecule has 0 saturated heterocycles. The van der Waals surface area contributed by atoms with Gasteiger partial charge in [-0.1, -0.05) is 13.3 Å². The van der Waals surface area contributed by atoms with Gasteiger partial charge in [-0.25, -0.2) is 4.99 Å². The Morgan fingerprint density at radius 2 is 1.21 bits per heavy atom. The van der Waals surface area contributed by atoms with E-state index in [2.05, 4.69) is 164 Å². The molecule has 2 heterocycles. The van der Waals surface area contributed by atoms with Crippen molar-refractivity contribution in [3.63, 3.8) is 0 Å². The average Bonchev–Trinajstić information content (AvgIpc) is 3.18. The SMILES string of the molecule is CCCC[NH+]=c1c2ccc(N(C)C)cc2sc2cc(N(C)CCCCCNc3c4ccc(N(C)C)cc4[n+](CCCC(=O)O)c4cc(N(C)C)ccc34)ccc12. The molecule has 0 aliphatic carbocycles. The number of unbranched alkanes of at least 4 members (excludes halogenated alkanes) is 3. The molecular weight excluding hydrogens is 715 g/mol. The van der Waals surface area contributed by atoms with Crippen molar-refractivity contribution < 1.29 is 19.5 Å². The number of carbonyl (C=O) groups is 1. The van der Waals surface area contributed by atoms with Gasteiger partial charge >= 0.3 is 5.97 Å². The molecule has 296 valence electrons. The minimum absolute atomic E-state index is 0.139. The third-order valence-electron chi connectivity index (χ3n) is 10.8. The third kappa shape index (κ3) is 9.13. The van der Waals surface area contributed by atoms with E-state index < -0.39 is 5.97 Å². The number of carboxylic acids is 1. The first-order valence-electron chi connectivity index (χ1n) is 20.2. The van der Waals surface area contributed by atoms with Crippen LogP contribution in [0.2, 0.25) is 0 Å². The summed E-state index contributed by atoms with van der Waals surface area (Å²) in [5, 5.41) is 19.4. The summed E-state index contributed by atoms with van der Waals surface area (Å²) in [6.07, 6.45) is 6.30. The van der Waals surface area contributed by atoms with Crippen LogP contribution in [0.1, 0.15) is 51.9 Å². The number of rotatable bonds is 18. The van der Waals surface area contributed by atoms with Crippen molar-refractivity contribution >= 4 is 87.7 Å². The molecule has 0 aliphatic heterocycles. The van der Waals surface area contributed by atoms with E-state index in [4.69, 9.17) is 0 Å². The lowest BCUT2D eigenvalue weighted by atomic mass is 10.0. The van der Waals surface area contributed by atoms with Crippen LogP contribution in [0.15, 0.2) is 72.8 Å². The quantitative estimate of drug-likeness (QED) is 0.0484. The second kappa shape index (κ2) is 18.2. The molecule has 0 unspecified atom stereocenters. The Kier molecular flexibility index (Phi) is 13.2. The molecule has 0 fully saturated rings. The zero-order valence-corrected chi connectivity index (χ0v) is 35.5. The molecule has 6 aromatic rings. The molecule has 2 aromatic heterocycles. The Labute approximate surface area is 336 Å². The standard InChI is InChI=1S/C46H59N7O2S/c1-9-10-24-47-46-38-22-18-34(51(6)7)30-42(38)56-43-31-35(19-23-39(43)46)52(8)26-13-11-12-25-48-45-36-20-16-32(49(2)3)28-40(36)53(27-14-15-44(54)55)41-29-33(50(4)5)17-21-37(41)45/h16-23,28-31H,9-15,24-27H2,1-8H3,(H,54,55)/p+2. The number of hydrogen-bond donors (Lipinski definition) is 3. The third-order valence-corrected chi connectivity index (χ3v) is 12.0. The molecule has 9 nitrogen and oxygen atoms in total. The van der Waals surface area contributed by atoms with Crippen LogP contribution in [-0.4, -0.2) is 80.0 Å². The van der Waals surface area contributed by atoms with E-state index in [-0.39, 0.29) is 6.42 Å². The molecule has 0 atom stereocenters. The molecule has 0 saturated carbocycles. The summed E-state index contributed by atoms with van der Waals surface area (Å²) >= 11 is 1.88. The summed E-state index contributed by atoms with van der Waals surface area (Å²) in [5.74, 6) is -0.763. The van der Waals surface area contributed by atoms with Crippen LogP contribution < -0.4 is 39.8 Å². The van der Waals surface area contributed by atoms with Gasteiger partial charge in [0.05, 0.1) is 33.7 Å². The number of aromatic nitrogens is 1. The molecular formula is C46H61N7O2S+2. The first kappa shape index (κ1) is 40.6. The number of hydrogen-bond acceptors (Lipinski definition) is 7. The number of carboxylic acid groups (broad SMARTS) is 1. The van der Waals surface area contributed by atoms with Crippen molar-refractivity contribution in [3.8, 4) is 0 Å². The van der Waals surface area contributed by atoms with Crippen LogP contribution in [0.25, 0.3) is 42.0 Å². The van der Waals surface area contributed by atoms with Gasteiger partial charge in [0.2, 0.25) is 16.4 Å². The van der Waals surface area contributed by atoms with E-state index in [9.17, 15) is 9.90 Å². The second-order valence-corrected chi connectivity index (χ2v) is 16.7. The smallest absolute Gasteiger partial charge is 0.303 e. The fourth-order valence-electron chi connectivity index (χ4n) is 7.52. The Morgan fingerprint density at radius 3 is 1.77 bits per heavy atom. The lowest BCUT2D eigenvalue weighted by molar-refractivity contribution is -0.645. The zero-order chi connectivity index (χ0) is 39.9. The number of nitrogens with zero attached hydrogens (tertiary/aromatic N) is 5. The topological polar surface area (TPSA) is 80.1 Å². The highest BCUT2D eigenvalue weighted by atomic mass is 32.1. The minimum atomic E-state index is -0.763. The maximum Gasteiger partial charge on any atom is 0.303 e. The van der Waals surface area contributed by atoms with Crippen molar-refractivity contribution in [3.05, 3.63) is 78.2 Å². The summed E-state index contributed by atoms with van der Waals surface area (Å²) in [7, 11) is 14.7. The van der Waals surface area contributed by atoms with Gasteiger partial charge in [-0.05, 0) is 79.9 Å². The molecule has 4 aromatic carbocycles. The van der Waals surface area contributed by atoms with E-state index in [1.807, 2.05) is 11.3 Å². The van der Waals surface area contributed by atoms with E-state index >= 15 is 0 Å². The molecule has 10 heteroatoms. The van der Waals surface area contributed by atoms with E-state index in [1.54, 1.807) is 0 Å². The Bertz CT molecular complexity index is 2330. The van der Waals surface area contributed by atoms with Crippen LogP contribution in [-0.2, 0) is 11.3 Å². The van der Waals surface area contributed by atoms with E-state index in [0.717, 1.165) is 84.2 Å². The van der Waals surface area contributed by atoms with Gasteiger partial charge in [0.15, 0.2) is 0 Å². The lowest BCUT2D eigenvalue weighted by Gasteiger charge is -2.20. The number of anilines is 5. The first-order chi connectivity index (χ1) is 27.0. The van der Waals surface area contributed by atoms with Crippen molar-refractivity contribution in [2.24, 2.45) is 0 Å². The largest absolute Gasteiger partial charge is 0.481 e. The van der Waals surface area contributed by atoms with Crippen molar-refractivity contribution in [2.45, 2.75) is 58.4 Å². The van der Waals surface area contributed by atoms with Gasteiger partial charge in [-0.2, -0.15) is 4.57 Å². The van der Waals surface area contributed by atoms with Gasteiger partial charge in [-0.3, -0.25) is 4.79 Å². The van der Waals surface area contributed by atoms with Crippen LogP contribution in [0.3, 0.4) is 0 Å². The number of aliphatic carboxylic acids is 1. The maximum atomic E-state index is 11.5. The number of aryl methyl sites for hydroxylation is 1.